The fourth-order valence-corrected chi connectivity index (χ4v) is 1.08. The molecule has 1 aromatic rings. The van der Waals surface area contributed by atoms with Gasteiger partial charge in [-0.15, -0.1) is 0 Å². The molecule has 0 aliphatic carbocycles. The zero-order chi connectivity index (χ0) is 9.30. The molecule has 0 aliphatic rings. The number of rotatable bonds is 1. The van der Waals surface area contributed by atoms with Gasteiger partial charge in [-0.05, 0) is 13.0 Å². The summed E-state index contributed by atoms with van der Waals surface area (Å²) in [6, 6.07) is 1.50. The van der Waals surface area contributed by atoms with Gasteiger partial charge in [-0.2, -0.15) is 0 Å². The molecule has 0 unspecified atom stereocenters. The third-order valence-electron chi connectivity index (χ3n) is 1.41. The minimum Gasteiger partial charge on any atom is -0.396 e. The van der Waals surface area contributed by atoms with Crippen molar-refractivity contribution in [2.24, 2.45) is 5.73 Å². The molecular formula is C7H8ClN3O. The van der Waals surface area contributed by atoms with E-state index in [-0.39, 0.29) is 16.4 Å². The van der Waals surface area contributed by atoms with Crippen molar-refractivity contribution in [1.82, 2.24) is 4.98 Å². The lowest BCUT2D eigenvalue weighted by Gasteiger charge is -2.03. The van der Waals surface area contributed by atoms with Crippen LogP contribution in [0, 0.1) is 6.92 Å². The van der Waals surface area contributed by atoms with Crippen LogP contribution in [-0.2, 0) is 0 Å². The summed E-state index contributed by atoms with van der Waals surface area (Å²) in [5, 5.41) is 0.115. The van der Waals surface area contributed by atoms with Crippen LogP contribution >= 0.6 is 11.6 Å². The highest BCUT2D eigenvalue weighted by Crippen LogP contribution is 2.20. The molecule has 0 aromatic carbocycles. The second kappa shape index (κ2) is 2.98. The molecular weight excluding hydrogens is 178 g/mol. The monoisotopic (exact) mass is 185 g/mol. The number of nitrogens with zero attached hydrogens (tertiary/aromatic N) is 1. The molecule has 4 N–H and O–H groups in total. The van der Waals surface area contributed by atoms with Crippen molar-refractivity contribution in [3.63, 3.8) is 0 Å². The minimum atomic E-state index is -0.597. The molecule has 1 aromatic heterocycles. The first-order valence-corrected chi connectivity index (χ1v) is 3.62. The van der Waals surface area contributed by atoms with Crippen molar-refractivity contribution in [3.8, 4) is 0 Å². The van der Waals surface area contributed by atoms with Crippen LogP contribution in [0.25, 0.3) is 0 Å². The van der Waals surface area contributed by atoms with Gasteiger partial charge in [-0.1, -0.05) is 11.6 Å². The van der Waals surface area contributed by atoms with E-state index in [0.29, 0.717) is 5.69 Å². The van der Waals surface area contributed by atoms with Crippen LogP contribution in [0.15, 0.2) is 6.07 Å². The zero-order valence-electron chi connectivity index (χ0n) is 6.47. The molecule has 0 radical (unpaired) electrons. The first-order chi connectivity index (χ1) is 5.52. The van der Waals surface area contributed by atoms with E-state index in [4.69, 9.17) is 23.1 Å². The number of anilines is 1. The first kappa shape index (κ1) is 8.80. The summed E-state index contributed by atoms with van der Waals surface area (Å²) >= 11 is 5.62. The van der Waals surface area contributed by atoms with E-state index < -0.39 is 5.91 Å². The van der Waals surface area contributed by atoms with E-state index in [2.05, 4.69) is 4.98 Å². The van der Waals surface area contributed by atoms with Crippen LogP contribution in [0.3, 0.4) is 0 Å². The second-order valence-electron chi connectivity index (χ2n) is 2.38. The lowest BCUT2D eigenvalue weighted by molar-refractivity contribution is 0.100. The van der Waals surface area contributed by atoms with Crippen molar-refractivity contribution in [3.05, 3.63) is 22.5 Å². The summed E-state index contributed by atoms with van der Waals surface area (Å²) in [7, 11) is 0. The highest BCUT2D eigenvalue weighted by Gasteiger charge is 2.10. The number of nitrogens with two attached hydrogens (primary N) is 2. The van der Waals surface area contributed by atoms with Gasteiger partial charge >= 0.3 is 0 Å². The van der Waals surface area contributed by atoms with Gasteiger partial charge in [0.25, 0.3) is 5.91 Å². The topological polar surface area (TPSA) is 82.0 Å². The average molecular weight is 186 g/mol. The third kappa shape index (κ3) is 1.48. The van der Waals surface area contributed by atoms with Crippen molar-refractivity contribution < 1.29 is 4.79 Å². The number of carbonyl (C=O) groups excluding carboxylic acids is 1. The van der Waals surface area contributed by atoms with Gasteiger partial charge in [-0.3, -0.25) is 4.79 Å². The summed E-state index contributed by atoms with van der Waals surface area (Å²) in [5.74, 6) is -0.597. The number of aromatic nitrogens is 1. The number of hydrogen-bond acceptors (Lipinski definition) is 3. The molecule has 4 nitrogen and oxygen atoms in total. The largest absolute Gasteiger partial charge is 0.396 e. The Morgan fingerprint density at radius 2 is 2.25 bits per heavy atom. The molecule has 0 bridgehead atoms. The molecule has 5 heteroatoms. The third-order valence-corrected chi connectivity index (χ3v) is 1.69. The van der Waals surface area contributed by atoms with E-state index in [1.54, 1.807) is 6.92 Å². The van der Waals surface area contributed by atoms with E-state index in [0.717, 1.165) is 0 Å². The lowest BCUT2D eigenvalue weighted by Crippen LogP contribution is -2.14. The minimum absolute atomic E-state index is 0.115. The number of carbonyl (C=O) groups is 1. The smallest absolute Gasteiger partial charge is 0.250 e. The van der Waals surface area contributed by atoms with Crippen LogP contribution in [-0.4, -0.2) is 10.9 Å². The Hall–Kier alpha value is -1.29. The standard InChI is InChI=1S/C7H8ClN3O/c1-3-2-4(7(10)12)5(9)6(8)11-3/h2H,9H2,1H3,(H2,10,12). The summed E-state index contributed by atoms with van der Waals surface area (Å²) in [4.78, 5) is 14.6. The van der Waals surface area contributed by atoms with Crippen LogP contribution in [0.1, 0.15) is 16.1 Å². The number of aryl methyl sites for hydroxylation is 1. The second-order valence-corrected chi connectivity index (χ2v) is 2.74. The Morgan fingerprint density at radius 1 is 1.67 bits per heavy atom. The molecule has 64 valence electrons. The van der Waals surface area contributed by atoms with Crippen molar-refractivity contribution >= 4 is 23.2 Å². The SMILES string of the molecule is Cc1cc(C(N)=O)c(N)c(Cl)n1. The van der Waals surface area contributed by atoms with Crippen LogP contribution < -0.4 is 11.5 Å². The van der Waals surface area contributed by atoms with Gasteiger partial charge in [0.05, 0.1) is 11.3 Å². The number of hydrogen-bond donors (Lipinski definition) is 2. The van der Waals surface area contributed by atoms with E-state index >= 15 is 0 Å². The maximum Gasteiger partial charge on any atom is 0.250 e. The maximum atomic E-state index is 10.8. The van der Waals surface area contributed by atoms with Gasteiger partial charge in [-0.25, -0.2) is 4.98 Å². The Kier molecular flexibility index (Phi) is 2.19. The van der Waals surface area contributed by atoms with E-state index in [9.17, 15) is 4.79 Å². The molecule has 0 aliphatic heterocycles. The summed E-state index contributed by atoms with van der Waals surface area (Å²) < 4.78 is 0. The van der Waals surface area contributed by atoms with Crippen molar-refractivity contribution in [1.29, 1.82) is 0 Å². The molecule has 1 rings (SSSR count). The van der Waals surface area contributed by atoms with Gasteiger partial charge in [0.1, 0.15) is 0 Å². The summed E-state index contributed by atoms with van der Waals surface area (Å²) in [5.41, 5.74) is 11.5. The number of amides is 1. The molecule has 0 spiro atoms. The maximum absolute atomic E-state index is 10.8. The predicted molar refractivity (Wildman–Crippen MR) is 46.9 cm³/mol. The molecule has 0 saturated heterocycles. The number of nitrogen functional groups attached to an aromatic ring is 1. The van der Waals surface area contributed by atoms with E-state index in [1.165, 1.54) is 6.07 Å². The summed E-state index contributed by atoms with van der Waals surface area (Å²) in [6.07, 6.45) is 0. The predicted octanol–water partition coefficient (Wildman–Crippen LogP) is 0.725. The highest BCUT2D eigenvalue weighted by molar-refractivity contribution is 6.32. The normalized spacial score (nSPS) is 9.83. The molecule has 12 heavy (non-hydrogen) atoms. The van der Waals surface area contributed by atoms with Crippen LogP contribution in [0.5, 0.6) is 0 Å². The zero-order valence-corrected chi connectivity index (χ0v) is 7.22. The highest BCUT2D eigenvalue weighted by atomic mass is 35.5. The number of primary amides is 1. The van der Waals surface area contributed by atoms with Crippen LogP contribution in [0.4, 0.5) is 5.69 Å². The Bertz CT molecular complexity index is 338. The first-order valence-electron chi connectivity index (χ1n) is 3.25. The summed E-state index contributed by atoms with van der Waals surface area (Å²) in [6.45, 7) is 1.71. The Balaban J connectivity index is 3.37. The van der Waals surface area contributed by atoms with Crippen molar-refractivity contribution in [2.45, 2.75) is 6.92 Å². The molecule has 1 heterocycles. The fraction of sp³-hybridized carbons (Fsp3) is 0.143. The van der Waals surface area contributed by atoms with Gasteiger partial charge in [0.15, 0.2) is 5.15 Å². The lowest BCUT2D eigenvalue weighted by atomic mass is 10.2. The number of pyridine rings is 1. The molecule has 0 atom stereocenters. The molecule has 0 saturated carbocycles. The van der Waals surface area contributed by atoms with Gasteiger partial charge in [0.2, 0.25) is 0 Å². The number of halogens is 1. The van der Waals surface area contributed by atoms with Gasteiger partial charge in [0, 0.05) is 5.69 Å². The van der Waals surface area contributed by atoms with E-state index in [1.807, 2.05) is 0 Å². The van der Waals surface area contributed by atoms with Gasteiger partial charge < -0.3 is 11.5 Å². The van der Waals surface area contributed by atoms with Crippen molar-refractivity contribution in [2.75, 3.05) is 5.73 Å². The fourth-order valence-electron chi connectivity index (χ4n) is 0.849. The average Bonchev–Trinajstić information content (AvgIpc) is 1.96. The van der Waals surface area contributed by atoms with Crippen LogP contribution in [0.2, 0.25) is 5.15 Å². The molecule has 1 amide bonds. The Labute approximate surface area is 74.5 Å². The Morgan fingerprint density at radius 3 is 2.75 bits per heavy atom. The molecule has 0 fully saturated rings. The quantitative estimate of drug-likeness (QED) is 0.633.